The van der Waals surface area contributed by atoms with Crippen LogP contribution in [-0.4, -0.2) is 23.0 Å². The van der Waals surface area contributed by atoms with Crippen molar-refractivity contribution in [1.82, 2.24) is 0 Å². The second-order valence-corrected chi connectivity index (χ2v) is 4.28. The molecule has 5 heteroatoms. The van der Waals surface area contributed by atoms with Gasteiger partial charge in [0.25, 0.3) is 0 Å². The van der Waals surface area contributed by atoms with E-state index < -0.39 is 5.97 Å². The number of nitrogens with one attached hydrogen (secondary N) is 2. The highest BCUT2D eigenvalue weighted by atomic mass is 16.4. The Labute approximate surface area is 98.8 Å². The second kappa shape index (κ2) is 4.08. The molecule has 5 nitrogen and oxygen atoms in total. The first-order valence-corrected chi connectivity index (χ1v) is 5.44. The minimum atomic E-state index is -0.981. The van der Waals surface area contributed by atoms with Crippen molar-refractivity contribution in [3.8, 4) is 0 Å². The number of rotatable bonds is 1. The number of anilines is 2. The summed E-state index contributed by atoms with van der Waals surface area (Å²) < 4.78 is 0. The van der Waals surface area contributed by atoms with E-state index in [0.29, 0.717) is 11.4 Å². The molecule has 1 heterocycles. The van der Waals surface area contributed by atoms with Gasteiger partial charge in [-0.15, -0.1) is 0 Å². The van der Waals surface area contributed by atoms with E-state index in [0.717, 1.165) is 0 Å². The van der Waals surface area contributed by atoms with Crippen molar-refractivity contribution in [3.63, 3.8) is 0 Å². The molecular formula is C12H14N2O3. The van der Waals surface area contributed by atoms with Crippen molar-refractivity contribution in [2.24, 2.45) is 5.92 Å². The summed E-state index contributed by atoms with van der Waals surface area (Å²) in [5.74, 6) is -1.21. The minimum absolute atomic E-state index is 0.0414. The third kappa shape index (κ3) is 2.08. The van der Waals surface area contributed by atoms with Gasteiger partial charge in [-0.3, -0.25) is 4.79 Å². The van der Waals surface area contributed by atoms with E-state index in [1.165, 1.54) is 12.1 Å². The molecule has 1 amide bonds. The van der Waals surface area contributed by atoms with E-state index in [2.05, 4.69) is 10.6 Å². The SMILES string of the molecule is CC1Nc2cc(C(=O)O)ccc2NC(=O)C1C. The Bertz CT molecular complexity index is 485. The van der Waals surface area contributed by atoms with Crippen LogP contribution in [-0.2, 0) is 4.79 Å². The maximum atomic E-state index is 11.7. The molecule has 0 radical (unpaired) electrons. The smallest absolute Gasteiger partial charge is 0.335 e. The Kier molecular flexibility index (Phi) is 2.75. The average Bonchev–Trinajstić information content (AvgIpc) is 2.38. The molecule has 0 aliphatic carbocycles. The molecule has 0 aromatic heterocycles. The van der Waals surface area contributed by atoms with E-state index in [4.69, 9.17) is 5.11 Å². The van der Waals surface area contributed by atoms with Gasteiger partial charge in [-0.2, -0.15) is 0 Å². The summed E-state index contributed by atoms with van der Waals surface area (Å²) >= 11 is 0. The van der Waals surface area contributed by atoms with Crippen LogP contribution >= 0.6 is 0 Å². The molecule has 1 aromatic rings. The van der Waals surface area contributed by atoms with E-state index in [-0.39, 0.29) is 23.4 Å². The van der Waals surface area contributed by atoms with Crippen LogP contribution in [0.4, 0.5) is 11.4 Å². The molecule has 1 aliphatic rings. The molecule has 0 spiro atoms. The van der Waals surface area contributed by atoms with Gasteiger partial charge in [0.05, 0.1) is 22.9 Å². The monoisotopic (exact) mass is 234 g/mol. The Morgan fingerprint density at radius 1 is 1.29 bits per heavy atom. The van der Waals surface area contributed by atoms with Crippen molar-refractivity contribution < 1.29 is 14.7 Å². The number of carbonyl (C=O) groups excluding carboxylic acids is 1. The highest BCUT2D eigenvalue weighted by Gasteiger charge is 2.25. The number of carboxylic acids is 1. The van der Waals surface area contributed by atoms with Crippen molar-refractivity contribution in [2.75, 3.05) is 10.6 Å². The summed E-state index contributed by atoms with van der Waals surface area (Å²) in [6.07, 6.45) is 0. The Morgan fingerprint density at radius 3 is 2.65 bits per heavy atom. The number of carboxylic acid groups (broad SMARTS) is 1. The Balaban J connectivity index is 2.43. The van der Waals surface area contributed by atoms with Crippen LogP contribution in [0.5, 0.6) is 0 Å². The summed E-state index contributed by atoms with van der Waals surface area (Å²) in [5, 5.41) is 14.8. The van der Waals surface area contributed by atoms with Crippen molar-refractivity contribution in [3.05, 3.63) is 23.8 Å². The van der Waals surface area contributed by atoms with Crippen molar-refractivity contribution in [1.29, 1.82) is 0 Å². The van der Waals surface area contributed by atoms with Crippen molar-refractivity contribution >= 4 is 23.3 Å². The van der Waals surface area contributed by atoms with Crippen LogP contribution in [0.25, 0.3) is 0 Å². The van der Waals surface area contributed by atoms with Gasteiger partial charge in [0.1, 0.15) is 0 Å². The van der Waals surface area contributed by atoms with Gasteiger partial charge in [0.15, 0.2) is 0 Å². The highest BCUT2D eigenvalue weighted by Crippen LogP contribution is 2.28. The predicted molar refractivity (Wildman–Crippen MR) is 64.3 cm³/mol. The highest BCUT2D eigenvalue weighted by molar-refractivity contribution is 5.99. The lowest BCUT2D eigenvalue weighted by Crippen LogP contribution is -2.30. The van der Waals surface area contributed by atoms with Crippen LogP contribution < -0.4 is 10.6 Å². The number of hydrogen-bond donors (Lipinski definition) is 3. The number of hydrogen-bond acceptors (Lipinski definition) is 3. The first kappa shape index (κ1) is 11.4. The third-order valence-corrected chi connectivity index (χ3v) is 3.07. The Hall–Kier alpha value is -2.04. The average molecular weight is 234 g/mol. The summed E-state index contributed by atoms with van der Waals surface area (Å²) in [4.78, 5) is 22.6. The van der Waals surface area contributed by atoms with Gasteiger partial charge < -0.3 is 15.7 Å². The van der Waals surface area contributed by atoms with E-state index in [9.17, 15) is 9.59 Å². The van der Waals surface area contributed by atoms with Crippen LogP contribution in [0, 0.1) is 5.92 Å². The second-order valence-electron chi connectivity index (χ2n) is 4.28. The fourth-order valence-electron chi connectivity index (χ4n) is 1.75. The Morgan fingerprint density at radius 2 is 2.00 bits per heavy atom. The van der Waals surface area contributed by atoms with E-state index in [1.54, 1.807) is 6.07 Å². The fourth-order valence-corrected chi connectivity index (χ4v) is 1.75. The molecule has 17 heavy (non-hydrogen) atoms. The van der Waals surface area contributed by atoms with Crippen LogP contribution in [0.2, 0.25) is 0 Å². The molecule has 2 unspecified atom stereocenters. The lowest BCUT2D eigenvalue weighted by atomic mass is 10.0. The molecular weight excluding hydrogens is 220 g/mol. The number of carbonyl (C=O) groups is 2. The lowest BCUT2D eigenvalue weighted by Gasteiger charge is -2.16. The third-order valence-electron chi connectivity index (χ3n) is 3.07. The first-order valence-electron chi connectivity index (χ1n) is 5.44. The maximum Gasteiger partial charge on any atom is 0.335 e. The summed E-state index contributed by atoms with van der Waals surface area (Å²) in [5.41, 5.74) is 1.47. The van der Waals surface area contributed by atoms with Crippen molar-refractivity contribution in [2.45, 2.75) is 19.9 Å². The van der Waals surface area contributed by atoms with E-state index >= 15 is 0 Å². The van der Waals surface area contributed by atoms with Gasteiger partial charge in [-0.05, 0) is 25.1 Å². The standard InChI is InChI=1S/C12H14N2O3/c1-6-7(2)13-10-5-8(12(16)17)3-4-9(10)14-11(6)15/h3-7,13H,1-2H3,(H,14,15)(H,16,17). The number of fused-ring (bicyclic) bond motifs is 1. The van der Waals surface area contributed by atoms with Crippen LogP contribution in [0.3, 0.4) is 0 Å². The summed E-state index contributed by atoms with van der Waals surface area (Å²) in [7, 11) is 0. The molecule has 2 rings (SSSR count). The number of benzene rings is 1. The molecule has 0 bridgehead atoms. The molecule has 0 saturated heterocycles. The van der Waals surface area contributed by atoms with Crippen LogP contribution in [0.15, 0.2) is 18.2 Å². The fraction of sp³-hybridized carbons (Fsp3) is 0.333. The zero-order valence-electron chi connectivity index (χ0n) is 9.65. The number of amides is 1. The first-order chi connectivity index (χ1) is 7.99. The zero-order valence-corrected chi connectivity index (χ0v) is 9.65. The molecule has 1 aromatic carbocycles. The molecule has 0 saturated carbocycles. The topological polar surface area (TPSA) is 78.4 Å². The van der Waals surface area contributed by atoms with Gasteiger partial charge in [0.2, 0.25) is 5.91 Å². The minimum Gasteiger partial charge on any atom is -0.478 e. The molecule has 3 N–H and O–H groups in total. The quantitative estimate of drug-likeness (QED) is 0.692. The summed E-state index contributed by atoms with van der Waals surface area (Å²) in [6.45, 7) is 3.73. The largest absolute Gasteiger partial charge is 0.478 e. The molecule has 0 fully saturated rings. The molecule has 1 aliphatic heterocycles. The molecule has 90 valence electrons. The van der Waals surface area contributed by atoms with Gasteiger partial charge in [-0.1, -0.05) is 6.92 Å². The maximum absolute atomic E-state index is 11.7. The van der Waals surface area contributed by atoms with Gasteiger partial charge in [-0.25, -0.2) is 4.79 Å². The summed E-state index contributed by atoms with van der Waals surface area (Å²) in [6, 6.07) is 4.57. The normalized spacial score (nSPS) is 23.1. The van der Waals surface area contributed by atoms with Crippen LogP contribution in [0.1, 0.15) is 24.2 Å². The predicted octanol–water partition coefficient (Wildman–Crippen LogP) is 1.77. The van der Waals surface area contributed by atoms with Gasteiger partial charge >= 0.3 is 5.97 Å². The zero-order chi connectivity index (χ0) is 12.6. The lowest BCUT2D eigenvalue weighted by molar-refractivity contribution is -0.119. The van der Waals surface area contributed by atoms with Gasteiger partial charge in [0, 0.05) is 6.04 Å². The number of aromatic carboxylic acids is 1. The molecule has 2 atom stereocenters. The van der Waals surface area contributed by atoms with E-state index in [1.807, 2.05) is 13.8 Å².